The fourth-order valence-corrected chi connectivity index (χ4v) is 6.64. The topological polar surface area (TPSA) is 88.7 Å². The normalized spacial score (nSPS) is 17.6. The van der Waals surface area contributed by atoms with E-state index in [9.17, 15) is 9.59 Å². The third-order valence-corrected chi connectivity index (χ3v) is 8.73. The monoisotopic (exact) mass is 583 g/mol. The molecule has 0 saturated heterocycles. The van der Waals surface area contributed by atoms with Crippen LogP contribution in [0.4, 0.5) is 4.79 Å². The Morgan fingerprint density at radius 3 is 2.44 bits per heavy atom. The average molecular weight is 584 g/mol. The zero-order chi connectivity index (χ0) is 29.0. The molecule has 0 aliphatic heterocycles. The number of benzene rings is 2. The van der Waals surface area contributed by atoms with Gasteiger partial charge in [0.15, 0.2) is 0 Å². The minimum atomic E-state index is -0.501. The first-order valence-corrected chi connectivity index (χ1v) is 15.6. The van der Waals surface area contributed by atoms with Crippen molar-refractivity contribution in [1.82, 2.24) is 16.0 Å². The predicted octanol–water partition coefficient (Wildman–Crippen LogP) is 6.75. The smallest absolute Gasteiger partial charge is 0.406 e. The van der Waals surface area contributed by atoms with E-state index in [2.05, 4.69) is 32.8 Å². The van der Waals surface area contributed by atoms with E-state index in [1.807, 2.05) is 37.4 Å². The second-order valence-electron chi connectivity index (χ2n) is 11.6. The standard InChI is InChI=1S/C33H46ClN3O4/c1-35-22-30(17-23-9-4-3-5-10-23)37-32(38)28-19-26(24-11-6-7-12-24)18-27(20-28)31(25-13-8-14-29(34)21-25)41-16-15-36-33(39)40-2/h8,13-14,18-21,23-24,30-31,35H,3-7,9-12,15-17,22H2,1-2H3,(H,36,39)(H,37,38)/t30-,31?/m0/s1. The molecule has 1 unspecified atom stereocenters. The van der Waals surface area contributed by atoms with Crippen molar-refractivity contribution < 1.29 is 19.1 Å². The molecule has 2 aromatic rings. The van der Waals surface area contributed by atoms with Gasteiger partial charge >= 0.3 is 6.09 Å². The minimum Gasteiger partial charge on any atom is -0.453 e. The molecule has 2 aliphatic carbocycles. The fraction of sp³-hybridized carbons (Fsp3) is 0.576. The Morgan fingerprint density at radius 1 is 0.976 bits per heavy atom. The lowest BCUT2D eigenvalue weighted by Crippen LogP contribution is -2.42. The molecule has 0 radical (unpaired) electrons. The third-order valence-electron chi connectivity index (χ3n) is 8.49. The Balaban J connectivity index is 1.61. The van der Waals surface area contributed by atoms with E-state index in [1.165, 1.54) is 57.6 Å². The van der Waals surface area contributed by atoms with Gasteiger partial charge in [-0.3, -0.25) is 4.79 Å². The highest BCUT2D eigenvalue weighted by Gasteiger charge is 2.25. The number of halogens is 1. The summed E-state index contributed by atoms with van der Waals surface area (Å²) in [4.78, 5) is 25.4. The van der Waals surface area contributed by atoms with Crippen LogP contribution in [0.3, 0.4) is 0 Å². The Labute approximate surface area is 250 Å². The molecule has 2 amide bonds. The van der Waals surface area contributed by atoms with Gasteiger partial charge in [-0.05, 0) is 79.1 Å². The summed E-state index contributed by atoms with van der Waals surface area (Å²) >= 11 is 6.38. The number of hydrogen-bond donors (Lipinski definition) is 3. The first kappa shape index (κ1) is 31.3. The zero-order valence-corrected chi connectivity index (χ0v) is 25.3. The second-order valence-corrected chi connectivity index (χ2v) is 12.0. The quantitative estimate of drug-likeness (QED) is 0.227. The first-order chi connectivity index (χ1) is 20.0. The molecule has 2 aromatic carbocycles. The summed E-state index contributed by atoms with van der Waals surface area (Å²) in [7, 11) is 3.28. The second kappa shape index (κ2) is 16.1. The van der Waals surface area contributed by atoms with Gasteiger partial charge in [-0.2, -0.15) is 0 Å². The van der Waals surface area contributed by atoms with Gasteiger partial charge in [0.2, 0.25) is 0 Å². The fourth-order valence-electron chi connectivity index (χ4n) is 6.44. The van der Waals surface area contributed by atoms with Crippen LogP contribution in [0.2, 0.25) is 5.02 Å². The van der Waals surface area contributed by atoms with E-state index in [1.54, 1.807) is 0 Å². The number of ether oxygens (including phenoxy) is 2. The maximum absolute atomic E-state index is 13.8. The van der Waals surface area contributed by atoms with E-state index in [-0.39, 0.29) is 18.6 Å². The molecular formula is C33H46ClN3O4. The molecule has 2 fully saturated rings. The van der Waals surface area contributed by atoms with Crippen molar-refractivity contribution in [2.24, 2.45) is 5.92 Å². The number of carbonyl (C=O) groups is 2. The third kappa shape index (κ3) is 9.45. The largest absolute Gasteiger partial charge is 0.453 e. The lowest BCUT2D eigenvalue weighted by atomic mass is 9.84. The summed E-state index contributed by atoms with van der Waals surface area (Å²) < 4.78 is 11.0. The molecule has 224 valence electrons. The van der Waals surface area contributed by atoms with E-state index in [0.29, 0.717) is 29.0 Å². The molecular weight excluding hydrogens is 538 g/mol. The van der Waals surface area contributed by atoms with E-state index in [0.717, 1.165) is 36.9 Å². The highest BCUT2D eigenvalue weighted by atomic mass is 35.5. The van der Waals surface area contributed by atoms with Crippen LogP contribution < -0.4 is 16.0 Å². The molecule has 0 aromatic heterocycles. The van der Waals surface area contributed by atoms with Gasteiger partial charge in [-0.1, -0.05) is 74.7 Å². The summed E-state index contributed by atoms with van der Waals surface area (Å²) in [6.45, 7) is 1.32. The summed E-state index contributed by atoms with van der Waals surface area (Å²) in [6.07, 6.45) is 11.1. The Hall–Kier alpha value is -2.61. The SMILES string of the molecule is CNC[C@H](CC1CCCCC1)NC(=O)c1cc(C2CCCC2)cc(C(OCCNC(=O)OC)c2cccc(Cl)c2)c1. The van der Waals surface area contributed by atoms with Gasteiger partial charge in [0.25, 0.3) is 5.91 Å². The molecule has 2 atom stereocenters. The van der Waals surface area contributed by atoms with Crippen LogP contribution in [0.15, 0.2) is 42.5 Å². The molecule has 2 aliphatic rings. The van der Waals surface area contributed by atoms with Crippen LogP contribution in [0, 0.1) is 5.92 Å². The van der Waals surface area contributed by atoms with Crippen LogP contribution in [-0.4, -0.2) is 51.9 Å². The summed E-state index contributed by atoms with van der Waals surface area (Å²) in [6, 6.07) is 13.9. The molecule has 7 nitrogen and oxygen atoms in total. The molecule has 0 spiro atoms. The van der Waals surface area contributed by atoms with Crippen LogP contribution in [0.1, 0.15) is 103 Å². The predicted molar refractivity (Wildman–Crippen MR) is 164 cm³/mol. The van der Waals surface area contributed by atoms with Crippen molar-refractivity contribution >= 4 is 23.6 Å². The van der Waals surface area contributed by atoms with Gasteiger partial charge in [0.1, 0.15) is 6.10 Å². The number of methoxy groups -OCH3 is 1. The maximum Gasteiger partial charge on any atom is 0.406 e. The van der Waals surface area contributed by atoms with Crippen molar-refractivity contribution in [2.75, 3.05) is 33.9 Å². The molecule has 3 N–H and O–H groups in total. The molecule has 2 saturated carbocycles. The summed E-state index contributed by atoms with van der Waals surface area (Å²) in [5, 5.41) is 9.93. The van der Waals surface area contributed by atoms with Crippen molar-refractivity contribution in [1.29, 1.82) is 0 Å². The average Bonchev–Trinajstić information content (AvgIpc) is 3.53. The Kier molecular flexibility index (Phi) is 12.3. The maximum atomic E-state index is 13.8. The highest BCUT2D eigenvalue weighted by Crippen LogP contribution is 2.37. The van der Waals surface area contributed by atoms with Crippen LogP contribution in [-0.2, 0) is 9.47 Å². The number of alkyl carbamates (subject to hydrolysis) is 1. The molecule has 41 heavy (non-hydrogen) atoms. The van der Waals surface area contributed by atoms with E-state index >= 15 is 0 Å². The number of amides is 2. The van der Waals surface area contributed by atoms with E-state index in [4.69, 9.17) is 16.3 Å². The number of nitrogens with one attached hydrogen (secondary N) is 3. The molecule has 0 bridgehead atoms. The van der Waals surface area contributed by atoms with Crippen LogP contribution in [0.25, 0.3) is 0 Å². The highest BCUT2D eigenvalue weighted by molar-refractivity contribution is 6.30. The van der Waals surface area contributed by atoms with Crippen LogP contribution in [0.5, 0.6) is 0 Å². The number of carbonyl (C=O) groups excluding carboxylic acids is 2. The van der Waals surface area contributed by atoms with Gasteiger partial charge in [0.05, 0.1) is 13.7 Å². The molecule has 4 rings (SSSR count). The van der Waals surface area contributed by atoms with Crippen molar-refractivity contribution in [2.45, 2.75) is 82.3 Å². The lowest BCUT2D eigenvalue weighted by molar-refractivity contribution is 0.0803. The van der Waals surface area contributed by atoms with Gasteiger partial charge in [0, 0.05) is 29.7 Å². The number of rotatable bonds is 13. The number of hydrogen-bond acceptors (Lipinski definition) is 5. The van der Waals surface area contributed by atoms with Crippen LogP contribution >= 0.6 is 11.6 Å². The van der Waals surface area contributed by atoms with Crippen molar-refractivity contribution in [3.8, 4) is 0 Å². The van der Waals surface area contributed by atoms with E-state index < -0.39 is 12.2 Å². The Morgan fingerprint density at radius 2 is 1.73 bits per heavy atom. The molecule has 8 heteroatoms. The zero-order valence-electron chi connectivity index (χ0n) is 24.6. The first-order valence-electron chi connectivity index (χ1n) is 15.3. The summed E-state index contributed by atoms with van der Waals surface area (Å²) in [5.74, 6) is 1.05. The molecule has 0 heterocycles. The van der Waals surface area contributed by atoms with Gasteiger partial charge < -0.3 is 25.4 Å². The number of likely N-dealkylation sites (N-methyl/N-ethyl adjacent to an activating group) is 1. The van der Waals surface area contributed by atoms with Crippen molar-refractivity contribution in [3.63, 3.8) is 0 Å². The van der Waals surface area contributed by atoms with Crippen molar-refractivity contribution in [3.05, 3.63) is 69.7 Å². The van der Waals surface area contributed by atoms with Gasteiger partial charge in [-0.15, -0.1) is 0 Å². The minimum absolute atomic E-state index is 0.0423. The lowest BCUT2D eigenvalue weighted by Gasteiger charge is -2.27. The van der Waals surface area contributed by atoms with Gasteiger partial charge in [-0.25, -0.2) is 4.79 Å². The Bertz CT molecular complexity index is 1130. The summed E-state index contributed by atoms with van der Waals surface area (Å²) in [5.41, 5.74) is 3.66.